The van der Waals surface area contributed by atoms with Crippen molar-refractivity contribution in [2.75, 3.05) is 14.2 Å². The van der Waals surface area contributed by atoms with Gasteiger partial charge in [-0.15, -0.1) is 0 Å². The fraction of sp³-hybridized carbons (Fsp3) is 0.333. The van der Waals surface area contributed by atoms with Crippen molar-refractivity contribution in [3.05, 3.63) is 29.5 Å². The zero-order valence-corrected chi connectivity index (χ0v) is 9.69. The Labute approximate surface area is 94.9 Å². The van der Waals surface area contributed by atoms with Gasteiger partial charge in [0.1, 0.15) is 0 Å². The van der Waals surface area contributed by atoms with Gasteiger partial charge in [-0.3, -0.25) is 4.79 Å². The first-order chi connectivity index (χ1) is 7.67. The highest BCUT2D eigenvalue weighted by molar-refractivity contribution is 5.72. The molecule has 0 amide bonds. The molecule has 0 aliphatic rings. The van der Waals surface area contributed by atoms with Gasteiger partial charge in [-0.1, -0.05) is 12.2 Å². The fourth-order valence-corrected chi connectivity index (χ4v) is 1.20. The molecule has 0 radical (unpaired) electrons. The van der Waals surface area contributed by atoms with Gasteiger partial charge >= 0.3 is 5.97 Å². The van der Waals surface area contributed by atoms with E-state index in [4.69, 9.17) is 4.74 Å². The molecule has 0 aliphatic heterocycles. The smallest absolute Gasteiger partial charge is 0.309 e. The highest BCUT2D eigenvalue weighted by Gasteiger charge is 1.99. The lowest BCUT2D eigenvalue weighted by Gasteiger charge is -2.02. The summed E-state index contributed by atoms with van der Waals surface area (Å²) in [5.41, 5.74) is 1.82. The van der Waals surface area contributed by atoms with Crippen LogP contribution in [0.4, 0.5) is 0 Å². The number of methoxy groups -OCH3 is 2. The van der Waals surface area contributed by atoms with Crippen LogP contribution in [0, 0.1) is 6.92 Å². The van der Waals surface area contributed by atoms with E-state index in [1.54, 1.807) is 19.3 Å². The van der Waals surface area contributed by atoms with Crippen molar-refractivity contribution in [1.29, 1.82) is 0 Å². The van der Waals surface area contributed by atoms with Crippen LogP contribution in [0.2, 0.25) is 0 Å². The molecule has 1 aromatic heterocycles. The number of nitrogens with zero attached hydrogens (tertiary/aromatic N) is 1. The number of aryl methyl sites for hydroxylation is 1. The SMILES string of the molecule is COC(=O)CC=Cc1ccc(OC)nc1C. The minimum Gasteiger partial charge on any atom is -0.481 e. The second kappa shape index (κ2) is 5.90. The van der Waals surface area contributed by atoms with Crippen molar-refractivity contribution in [3.8, 4) is 5.88 Å². The summed E-state index contributed by atoms with van der Waals surface area (Å²) in [6.07, 6.45) is 3.86. The average molecular weight is 221 g/mol. The lowest BCUT2D eigenvalue weighted by atomic mass is 10.2. The normalized spacial score (nSPS) is 10.4. The summed E-state index contributed by atoms with van der Waals surface area (Å²) in [4.78, 5) is 15.1. The molecule has 0 aromatic carbocycles. The Morgan fingerprint density at radius 3 is 2.75 bits per heavy atom. The summed E-state index contributed by atoms with van der Waals surface area (Å²) in [5, 5.41) is 0. The standard InChI is InChI=1S/C12H15NO3/c1-9-10(5-4-6-12(14)16-3)7-8-11(13-9)15-2/h4-5,7-8H,6H2,1-3H3. The molecule has 0 bridgehead atoms. The largest absolute Gasteiger partial charge is 0.481 e. The topological polar surface area (TPSA) is 48.4 Å². The number of hydrogen-bond donors (Lipinski definition) is 0. The fourth-order valence-electron chi connectivity index (χ4n) is 1.20. The minimum atomic E-state index is -0.254. The minimum absolute atomic E-state index is 0.254. The Balaban J connectivity index is 2.70. The van der Waals surface area contributed by atoms with Crippen LogP contribution in [0.3, 0.4) is 0 Å². The van der Waals surface area contributed by atoms with Crippen LogP contribution in [-0.4, -0.2) is 25.2 Å². The molecule has 86 valence electrons. The molecule has 1 rings (SSSR count). The molecule has 0 saturated carbocycles. The van der Waals surface area contributed by atoms with Gasteiger partial charge in [-0.2, -0.15) is 0 Å². The average Bonchev–Trinajstić information content (AvgIpc) is 2.30. The molecule has 4 nitrogen and oxygen atoms in total. The van der Waals surface area contributed by atoms with E-state index in [1.807, 2.05) is 19.1 Å². The third-order valence-corrected chi connectivity index (χ3v) is 2.12. The molecule has 0 unspecified atom stereocenters. The van der Waals surface area contributed by atoms with E-state index in [0.717, 1.165) is 11.3 Å². The highest BCUT2D eigenvalue weighted by atomic mass is 16.5. The van der Waals surface area contributed by atoms with Crippen LogP contribution in [0.5, 0.6) is 5.88 Å². The number of carbonyl (C=O) groups is 1. The molecular weight excluding hydrogens is 206 g/mol. The quantitative estimate of drug-likeness (QED) is 0.729. The summed E-state index contributed by atoms with van der Waals surface area (Å²) in [6, 6.07) is 3.68. The first-order valence-electron chi connectivity index (χ1n) is 4.92. The van der Waals surface area contributed by atoms with Gasteiger partial charge in [-0.05, 0) is 18.6 Å². The number of esters is 1. The molecular formula is C12H15NO3. The molecule has 0 N–H and O–H groups in total. The lowest BCUT2D eigenvalue weighted by molar-refractivity contribution is -0.139. The van der Waals surface area contributed by atoms with Gasteiger partial charge in [-0.25, -0.2) is 4.98 Å². The summed E-state index contributed by atoms with van der Waals surface area (Å²) in [7, 11) is 2.95. The summed E-state index contributed by atoms with van der Waals surface area (Å²) in [6.45, 7) is 1.89. The van der Waals surface area contributed by atoms with Gasteiger partial charge in [0, 0.05) is 11.8 Å². The van der Waals surface area contributed by atoms with Crippen LogP contribution in [0.1, 0.15) is 17.7 Å². The van der Waals surface area contributed by atoms with Crippen LogP contribution in [0.25, 0.3) is 6.08 Å². The second-order valence-electron chi connectivity index (χ2n) is 3.21. The number of rotatable bonds is 4. The highest BCUT2D eigenvalue weighted by Crippen LogP contribution is 2.13. The predicted octanol–water partition coefficient (Wildman–Crippen LogP) is 1.97. The number of carbonyl (C=O) groups excluding carboxylic acids is 1. The van der Waals surface area contributed by atoms with Crippen LogP contribution >= 0.6 is 0 Å². The first kappa shape index (κ1) is 12.2. The van der Waals surface area contributed by atoms with Crippen molar-refractivity contribution in [2.45, 2.75) is 13.3 Å². The molecule has 0 aliphatic carbocycles. The van der Waals surface area contributed by atoms with Crippen molar-refractivity contribution >= 4 is 12.0 Å². The van der Waals surface area contributed by atoms with E-state index < -0.39 is 0 Å². The van der Waals surface area contributed by atoms with Gasteiger partial charge in [0.25, 0.3) is 0 Å². The van der Waals surface area contributed by atoms with Crippen molar-refractivity contribution < 1.29 is 14.3 Å². The third-order valence-electron chi connectivity index (χ3n) is 2.12. The van der Waals surface area contributed by atoms with Gasteiger partial charge < -0.3 is 9.47 Å². The Morgan fingerprint density at radius 1 is 1.44 bits per heavy atom. The molecule has 0 saturated heterocycles. The molecule has 0 spiro atoms. The molecule has 0 atom stereocenters. The molecule has 0 fully saturated rings. The third kappa shape index (κ3) is 3.38. The summed E-state index contributed by atoms with van der Waals surface area (Å²) in [5.74, 6) is 0.331. The molecule has 1 aromatic rings. The van der Waals surface area contributed by atoms with E-state index in [9.17, 15) is 4.79 Å². The number of ether oxygens (including phenoxy) is 2. The van der Waals surface area contributed by atoms with Crippen LogP contribution < -0.4 is 4.74 Å². The van der Waals surface area contributed by atoms with Crippen molar-refractivity contribution in [1.82, 2.24) is 4.98 Å². The maximum atomic E-state index is 10.9. The number of pyridine rings is 1. The van der Waals surface area contributed by atoms with Crippen LogP contribution in [-0.2, 0) is 9.53 Å². The maximum absolute atomic E-state index is 10.9. The van der Waals surface area contributed by atoms with Crippen LogP contribution in [0.15, 0.2) is 18.2 Å². The predicted molar refractivity (Wildman–Crippen MR) is 61.2 cm³/mol. The lowest BCUT2D eigenvalue weighted by Crippen LogP contribution is -1.97. The van der Waals surface area contributed by atoms with E-state index in [-0.39, 0.29) is 12.4 Å². The van der Waals surface area contributed by atoms with E-state index in [0.29, 0.717) is 5.88 Å². The maximum Gasteiger partial charge on any atom is 0.309 e. The molecule has 4 heteroatoms. The van der Waals surface area contributed by atoms with E-state index in [2.05, 4.69) is 9.72 Å². The zero-order valence-electron chi connectivity index (χ0n) is 9.69. The second-order valence-corrected chi connectivity index (χ2v) is 3.21. The Kier molecular flexibility index (Phi) is 4.51. The molecule has 16 heavy (non-hydrogen) atoms. The Morgan fingerprint density at radius 2 is 2.19 bits per heavy atom. The monoisotopic (exact) mass is 221 g/mol. The Bertz CT molecular complexity index is 399. The van der Waals surface area contributed by atoms with Crippen molar-refractivity contribution in [3.63, 3.8) is 0 Å². The Hall–Kier alpha value is -1.84. The summed E-state index contributed by atoms with van der Waals surface area (Å²) < 4.78 is 9.53. The van der Waals surface area contributed by atoms with Gasteiger partial charge in [0.15, 0.2) is 0 Å². The number of hydrogen-bond acceptors (Lipinski definition) is 4. The van der Waals surface area contributed by atoms with Gasteiger partial charge in [0.05, 0.1) is 20.6 Å². The number of aromatic nitrogens is 1. The zero-order chi connectivity index (χ0) is 12.0. The molecule has 1 heterocycles. The summed E-state index contributed by atoms with van der Waals surface area (Å²) >= 11 is 0. The van der Waals surface area contributed by atoms with Gasteiger partial charge in [0.2, 0.25) is 5.88 Å². The van der Waals surface area contributed by atoms with Crippen molar-refractivity contribution in [2.24, 2.45) is 0 Å². The van der Waals surface area contributed by atoms with E-state index in [1.165, 1.54) is 7.11 Å². The first-order valence-corrected chi connectivity index (χ1v) is 4.92. The van der Waals surface area contributed by atoms with E-state index >= 15 is 0 Å².